The van der Waals surface area contributed by atoms with Gasteiger partial charge in [-0.25, -0.2) is 4.98 Å². The van der Waals surface area contributed by atoms with Crippen LogP contribution in [0.4, 0.5) is 5.82 Å². The molecule has 0 bridgehead atoms. The summed E-state index contributed by atoms with van der Waals surface area (Å²) in [6.07, 6.45) is 11.1. The fourth-order valence-corrected chi connectivity index (χ4v) is 4.52. The molecule has 4 rings (SSSR count). The van der Waals surface area contributed by atoms with Gasteiger partial charge in [-0.05, 0) is 66.3 Å². The fourth-order valence-electron chi connectivity index (χ4n) is 4.52. The van der Waals surface area contributed by atoms with E-state index in [4.69, 9.17) is 0 Å². The van der Waals surface area contributed by atoms with Gasteiger partial charge in [-0.3, -0.25) is 14.6 Å². The molecule has 0 saturated carbocycles. The number of nitrogens with zero attached hydrogens (tertiary/aromatic N) is 3. The van der Waals surface area contributed by atoms with Gasteiger partial charge in [0.2, 0.25) is 5.91 Å². The lowest BCUT2D eigenvalue weighted by Crippen LogP contribution is -2.27. The SMILES string of the molecule is C=C/C(=C\N=C)C(=O)Nc1cc(C)c(/C=C/C(=O)N2CC3C=C(c4ccccc4)CC3C2)cn1. The van der Waals surface area contributed by atoms with Crippen LogP contribution in [0.2, 0.25) is 0 Å². The third kappa shape index (κ3) is 5.12. The van der Waals surface area contributed by atoms with Crippen LogP contribution in [0.3, 0.4) is 0 Å². The standard InChI is InChI=1S/C28H28N4O2/c1-4-20(15-29-3)28(34)31-26-12-19(2)22(16-30-26)10-11-27(33)32-17-24-13-23(14-25(24)18-32)21-8-6-5-7-9-21/h4-13,15-16,24-25H,1,3,14,17-18H2,2H3,(H,30,31,34)/b11-10+,20-15+. The number of amides is 2. The minimum Gasteiger partial charge on any atom is -0.338 e. The molecule has 1 N–H and O–H groups in total. The second-order valence-electron chi connectivity index (χ2n) is 8.61. The van der Waals surface area contributed by atoms with E-state index in [1.165, 1.54) is 23.4 Å². The molecule has 2 atom stereocenters. The monoisotopic (exact) mass is 452 g/mol. The van der Waals surface area contributed by atoms with Crippen molar-refractivity contribution in [2.75, 3.05) is 18.4 Å². The van der Waals surface area contributed by atoms with Crippen molar-refractivity contribution in [2.24, 2.45) is 16.8 Å². The van der Waals surface area contributed by atoms with Crippen LogP contribution in [0.15, 0.2) is 84.2 Å². The number of carbonyl (C=O) groups excluding carboxylic acids is 2. The number of anilines is 1. The van der Waals surface area contributed by atoms with Crippen molar-refractivity contribution in [3.8, 4) is 0 Å². The fraction of sp³-hybridized carbons (Fsp3) is 0.214. The van der Waals surface area contributed by atoms with E-state index in [-0.39, 0.29) is 11.8 Å². The maximum absolute atomic E-state index is 12.8. The maximum atomic E-state index is 12.8. The van der Waals surface area contributed by atoms with Gasteiger partial charge in [-0.15, -0.1) is 0 Å². The summed E-state index contributed by atoms with van der Waals surface area (Å²) in [4.78, 5) is 34.9. The Labute approximate surface area is 200 Å². The zero-order valence-corrected chi connectivity index (χ0v) is 19.3. The molecule has 2 aromatic rings. The van der Waals surface area contributed by atoms with E-state index < -0.39 is 0 Å². The van der Waals surface area contributed by atoms with Crippen LogP contribution >= 0.6 is 0 Å². The summed E-state index contributed by atoms with van der Waals surface area (Å²) in [5, 5.41) is 2.71. The first kappa shape index (κ1) is 23.1. The van der Waals surface area contributed by atoms with Crippen molar-refractivity contribution < 1.29 is 9.59 Å². The van der Waals surface area contributed by atoms with E-state index in [1.807, 2.05) is 17.9 Å². The van der Waals surface area contributed by atoms with Crippen LogP contribution in [-0.4, -0.2) is 41.5 Å². The van der Waals surface area contributed by atoms with Crippen LogP contribution in [0.1, 0.15) is 23.1 Å². The average molecular weight is 453 g/mol. The molecule has 34 heavy (non-hydrogen) atoms. The van der Waals surface area contributed by atoms with Crippen molar-refractivity contribution in [1.82, 2.24) is 9.88 Å². The van der Waals surface area contributed by atoms with Crippen LogP contribution in [-0.2, 0) is 9.59 Å². The maximum Gasteiger partial charge on any atom is 0.258 e. The molecule has 2 heterocycles. The molecule has 6 nitrogen and oxygen atoms in total. The van der Waals surface area contributed by atoms with E-state index in [0.29, 0.717) is 23.2 Å². The minimum atomic E-state index is -0.364. The summed E-state index contributed by atoms with van der Waals surface area (Å²) < 4.78 is 0. The van der Waals surface area contributed by atoms with Crippen LogP contribution in [0, 0.1) is 18.8 Å². The molecule has 1 aromatic heterocycles. The lowest BCUT2D eigenvalue weighted by molar-refractivity contribution is -0.125. The van der Waals surface area contributed by atoms with E-state index in [0.717, 1.165) is 30.6 Å². The van der Waals surface area contributed by atoms with Crippen molar-refractivity contribution in [2.45, 2.75) is 13.3 Å². The average Bonchev–Trinajstić information content (AvgIpc) is 3.42. The van der Waals surface area contributed by atoms with Gasteiger partial charge < -0.3 is 10.2 Å². The van der Waals surface area contributed by atoms with Crippen LogP contribution < -0.4 is 5.32 Å². The third-order valence-corrected chi connectivity index (χ3v) is 6.36. The summed E-state index contributed by atoms with van der Waals surface area (Å²) in [6.45, 7) is 10.4. The zero-order chi connectivity index (χ0) is 24.1. The Morgan fingerprint density at radius 2 is 2.03 bits per heavy atom. The number of benzene rings is 1. The summed E-state index contributed by atoms with van der Waals surface area (Å²) in [7, 11) is 0. The highest BCUT2D eigenvalue weighted by atomic mass is 16.2. The number of nitrogens with one attached hydrogen (secondary N) is 1. The van der Waals surface area contributed by atoms with Crippen LogP contribution in [0.5, 0.6) is 0 Å². The first-order valence-corrected chi connectivity index (χ1v) is 11.3. The first-order valence-electron chi connectivity index (χ1n) is 11.3. The van der Waals surface area contributed by atoms with Gasteiger partial charge in [0.15, 0.2) is 0 Å². The van der Waals surface area contributed by atoms with E-state index >= 15 is 0 Å². The lowest BCUT2D eigenvalue weighted by Gasteiger charge is -2.15. The number of allylic oxidation sites excluding steroid dienone is 1. The number of carbonyl (C=O) groups is 2. The van der Waals surface area contributed by atoms with E-state index in [2.05, 4.69) is 58.9 Å². The third-order valence-electron chi connectivity index (χ3n) is 6.36. The number of fused-ring (bicyclic) bond motifs is 1. The molecule has 1 aliphatic heterocycles. The second-order valence-corrected chi connectivity index (χ2v) is 8.61. The molecule has 1 fully saturated rings. The predicted octanol–water partition coefficient (Wildman–Crippen LogP) is 4.67. The normalized spacial score (nSPS) is 19.6. The van der Waals surface area contributed by atoms with Gasteiger partial charge in [-0.2, -0.15) is 0 Å². The Hall–Kier alpha value is -4.06. The lowest BCUT2D eigenvalue weighted by atomic mass is 9.98. The van der Waals surface area contributed by atoms with Gasteiger partial charge in [0.05, 0.1) is 5.57 Å². The Morgan fingerprint density at radius 1 is 1.24 bits per heavy atom. The summed E-state index contributed by atoms with van der Waals surface area (Å²) >= 11 is 0. The molecule has 0 spiro atoms. The Kier molecular flexibility index (Phi) is 6.97. The Morgan fingerprint density at radius 3 is 2.71 bits per heavy atom. The summed E-state index contributed by atoms with van der Waals surface area (Å²) in [5.74, 6) is 0.973. The highest BCUT2D eigenvalue weighted by Crippen LogP contribution is 2.40. The highest BCUT2D eigenvalue weighted by Gasteiger charge is 2.37. The number of hydrogen-bond donors (Lipinski definition) is 1. The van der Waals surface area contributed by atoms with Gasteiger partial charge >= 0.3 is 0 Å². The van der Waals surface area contributed by atoms with Gasteiger partial charge in [0.1, 0.15) is 5.82 Å². The number of aryl methyl sites for hydroxylation is 1. The second kappa shape index (κ2) is 10.3. The molecule has 0 radical (unpaired) electrons. The number of likely N-dealkylation sites (tertiary alicyclic amines) is 1. The molecule has 2 aliphatic rings. The topological polar surface area (TPSA) is 74.7 Å². The molecule has 6 heteroatoms. The van der Waals surface area contributed by atoms with E-state index in [9.17, 15) is 9.59 Å². The van der Waals surface area contributed by atoms with Crippen molar-refractivity contribution in [1.29, 1.82) is 0 Å². The number of aliphatic imine (C=N–C) groups is 1. The molecule has 172 valence electrons. The largest absolute Gasteiger partial charge is 0.338 e. The summed E-state index contributed by atoms with van der Waals surface area (Å²) in [6, 6.07) is 12.2. The van der Waals surface area contributed by atoms with Crippen molar-refractivity contribution >= 4 is 36.0 Å². The number of rotatable bonds is 7. The molecular weight excluding hydrogens is 424 g/mol. The predicted molar refractivity (Wildman–Crippen MR) is 137 cm³/mol. The van der Waals surface area contributed by atoms with E-state index in [1.54, 1.807) is 24.4 Å². The number of hydrogen-bond acceptors (Lipinski definition) is 4. The number of aromatic nitrogens is 1. The molecule has 1 aliphatic carbocycles. The molecule has 1 aromatic carbocycles. The van der Waals surface area contributed by atoms with Crippen molar-refractivity contribution in [3.05, 3.63) is 95.9 Å². The van der Waals surface area contributed by atoms with Gasteiger partial charge in [-0.1, -0.05) is 49.1 Å². The highest BCUT2D eigenvalue weighted by molar-refractivity contribution is 6.05. The zero-order valence-electron chi connectivity index (χ0n) is 19.3. The quantitative estimate of drug-likeness (QED) is 0.377. The van der Waals surface area contributed by atoms with Crippen molar-refractivity contribution in [3.63, 3.8) is 0 Å². The summed E-state index contributed by atoms with van der Waals surface area (Å²) in [5.41, 5.74) is 4.69. The molecular formula is C28H28N4O2. The first-order chi connectivity index (χ1) is 16.5. The molecule has 2 amide bonds. The molecule has 2 unspecified atom stereocenters. The molecule has 1 saturated heterocycles. The van der Waals surface area contributed by atoms with Gasteiger partial charge in [0, 0.05) is 31.6 Å². The number of pyridine rings is 1. The van der Waals surface area contributed by atoms with Crippen LogP contribution in [0.25, 0.3) is 11.6 Å². The smallest absolute Gasteiger partial charge is 0.258 e. The van der Waals surface area contributed by atoms with Gasteiger partial charge in [0.25, 0.3) is 5.91 Å². The Balaban J connectivity index is 1.36. The minimum absolute atomic E-state index is 0.0125. The Bertz CT molecular complexity index is 1210.